The molecule has 24 heavy (non-hydrogen) atoms. The molecule has 0 bridgehead atoms. The Morgan fingerprint density at radius 2 is 1.58 bits per heavy atom. The maximum atomic E-state index is 12.7. The molecule has 0 spiro atoms. The van der Waals surface area contributed by atoms with Gasteiger partial charge in [-0.05, 0) is 42.0 Å². The number of hydrogen-bond acceptors (Lipinski definition) is 4. The van der Waals surface area contributed by atoms with E-state index < -0.39 is 0 Å². The van der Waals surface area contributed by atoms with Crippen molar-refractivity contribution in [3.63, 3.8) is 0 Å². The second-order valence-electron chi connectivity index (χ2n) is 5.61. The van der Waals surface area contributed by atoms with Gasteiger partial charge in [0.25, 0.3) is 5.91 Å². The third kappa shape index (κ3) is 3.67. The van der Waals surface area contributed by atoms with E-state index in [2.05, 4.69) is 12.1 Å². The maximum absolute atomic E-state index is 12.7. The maximum Gasteiger partial charge on any atom is 0.253 e. The van der Waals surface area contributed by atoms with Crippen molar-refractivity contribution in [3.05, 3.63) is 59.7 Å². The molecule has 3 rings (SSSR count). The minimum absolute atomic E-state index is 0.0801. The van der Waals surface area contributed by atoms with Crippen molar-refractivity contribution >= 4 is 17.7 Å². The summed E-state index contributed by atoms with van der Waals surface area (Å²) in [6.45, 7) is 1.50. The van der Waals surface area contributed by atoms with Gasteiger partial charge in [0.2, 0.25) is 0 Å². The summed E-state index contributed by atoms with van der Waals surface area (Å²) in [5.74, 6) is 2.64. The average Bonchev–Trinajstić information content (AvgIpc) is 2.67. The summed E-state index contributed by atoms with van der Waals surface area (Å²) in [5.41, 5.74) is 1.93. The molecular formula is C19H21NO3S. The molecule has 2 aromatic carbocycles. The van der Waals surface area contributed by atoms with Crippen LogP contribution >= 0.6 is 11.8 Å². The molecule has 0 aliphatic carbocycles. The van der Waals surface area contributed by atoms with E-state index in [4.69, 9.17) is 9.47 Å². The van der Waals surface area contributed by atoms with Crippen LogP contribution in [0.3, 0.4) is 0 Å². The minimum atomic E-state index is 0.0801. The van der Waals surface area contributed by atoms with Crippen molar-refractivity contribution in [3.8, 4) is 11.5 Å². The van der Waals surface area contributed by atoms with Crippen LogP contribution in [0.4, 0.5) is 0 Å². The van der Waals surface area contributed by atoms with Crippen LogP contribution in [0.5, 0.6) is 11.5 Å². The van der Waals surface area contributed by atoms with Gasteiger partial charge < -0.3 is 14.4 Å². The molecule has 1 saturated heterocycles. The Morgan fingerprint density at radius 1 is 1.00 bits per heavy atom. The van der Waals surface area contributed by atoms with Gasteiger partial charge in [0.15, 0.2) is 0 Å². The van der Waals surface area contributed by atoms with E-state index in [0.717, 1.165) is 30.3 Å². The smallest absolute Gasteiger partial charge is 0.253 e. The van der Waals surface area contributed by atoms with Crippen molar-refractivity contribution < 1.29 is 14.3 Å². The molecule has 1 aliphatic heterocycles. The van der Waals surface area contributed by atoms with Gasteiger partial charge in [0, 0.05) is 29.7 Å². The fraction of sp³-hybridized carbons (Fsp3) is 0.316. The monoisotopic (exact) mass is 343 g/mol. The highest BCUT2D eigenvalue weighted by atomic mass is 32.2. The van der Waals surface area contributed by atoms with E-state index >= 15 is 0 Å². The summed E-state index contributed by atoms with van der Waals surface area (Å²) >= 11 is 1.90. The fourth-order valence-electron chi connectivity index (χ4n) is 2.77. The zero-order valence-electron chi connectivity index (χ0n) is 13.9. The summed E-state index contributed by atoms with van der Waals surface area (Å²) in [4.78, 5) is 14.7. The van der Waals surface area contributed by atoms with Crippen LogP contribution < -0.4 is 9.47 Å². The molecule has 4 nitrogen and oxygen atoms in total. The summed E-state index contributed by atoms with van der Waals surface area (Å²) < 4.78 is 10.4. The first-order valence-electron chi connectivity index (χ1n) is 7.90. The van der Waals surface area contributed by atoms with E-state index in [1.165, 1.54) is 5.56 Å². The van der Waals surface area contributed by atoms with Crippen molar-refractivity contribution in [2.24, 2.45) is 0 Å². The van der Waals surface area contributed by atoms with Crippen LogP contribution in [0.25, 0.3) is 0 Å². The molecule has 0 aromatic heterocycles. The van der Waals surface area contributed by atoms with E-state index in [1.807, 2.05) is 53.1 Å². The van der Waals surface area contributed by atoms with E-state index in [0.29, 0.717) is 10.8 Å². The molecule has 1 heterocycles. The molecule has 0 radical (unpaired) electrons. The van der Waals surface area contributed by atoms with Gasteiger partial charge in [0.1, 0.15) is 11.5 Å². The molecule has 5 heteroatoms. The Labute approximate surface area is 146 Å². The molecule has 0 N–H and O–H groups in total. The number of thioether (sulfide) groups is 1. The van der Waals surface area contributed by atoms with Gasteiger partial charge in [-0.3, -0.25) is 4.79 Å². The second-order valence-corrected chi connectivity index (χ2v) is 6.92. The van der Waals surface area contributed by atoms with Crippen LogP contribution in [-0.4, -0.2) is 43.9 Å². The molecule has 0 saturated carbocycles. The minimum Gasteiger partial charge on any atom is -0.497 e. The molecule has 2 aromatic rings. The third-order valence-corrected chi connectivity index (χ3v) is 5.42. The first kappa shape index (κ1) is 16.7. The number of ether oxygens (including phenoxy) is 2. The van der Waals surface area contributed by atoms with Crippen molar-refractivity contribution in [2.75, 3.05) is 33.1 Å². The Kier molecular flexibility index (Phi) is 5.30. The number of rotatable bonds is 4. The van der Waals surface area contributed by atoms with Crippen LogP contribution in [-0.2, 0) is 0 Å². The van der Waals surface area contributed by atoms with Gasteiger partial charge in [0.05, 0.1) is 14.2 Å². The Hall–Kier alpha value is -2.14. The molecule has 1 amide bonds. The van der Waals surface area contributed by atoms with E-state index in [-0.39, 0.29) is 5.91 Å². The van der Waals surface area contributed by atoms with Gasteiger partial charge >= 0.3 is 0 Å². The van der Waals surface area contributed by atoms with Crippen LogP contribution in [0.2, 0.25) is 0 Å². The molecule has 1 atom stereocenters. The van der Waals surface area contributed by atoms with Crippen molar-refractivity contribution in [1.82, 2.24) is 4.90 Å². The average molecular weight is 343 g/mol. The summed E-state index contributed by atoms with van der Waals surface area (Å²) in [6, 6.07) is 15.4. The largest absolute Gasteiger partial charge is 0.497 e. The number of hydrogen-bond donors (Lipinski definition) is 0. The normalized spacial score (nSPS) is 17.4. The third-order valence-electron chi connectivity index (χ3n) is 4.18. The quantitative estimate of drug-likeness (QED) is 0.850. The number of benzene rings is 2. The molecule has 126 valence electrons. The lowest BCUT2D eigenvalue weighted by molar-refractivity contribution is 0.0761. The zero-order chi connectivity index (χ0) is 16.9. The van der Waals surface area contributed by atoms with E-state index in [1.54, 1.807) is 14.2 Å². The predicted octanol–water partition coefficient (Wildman–Crippen LogP) is 3.63. The lowest BCUT2D eigenvalue weighted by atomic mass is 10.1. The molecule has 1 fully saturated rings. The number of carbonyl (C=O) groups is 1. The highest BCUT2D eigenvalue weighted by molar-refractivity contribution is 7.99. The van der Waals surface area contributed by atoms with Crippen molar-refractivity contribution in [2.45, 2.75) is 5.25 Å². The van der Waals surface area contributed by atoms with Crippen LogP contribution in [0, 0.1) is 0 Å². The highest BCUT2D eigenvalue weighted by Gasteiger charge is 2.26. The standard InChI is InChI=1S/C19H21NO3S/c1-22-16-7-3-14(4-8-16)18-13-20(11-12-24-18)19(21)15-5-9-17(23-2)10-6-15/h3-10,18H,11-13H2,1-2H3. The Balaban J connectivity index is 1.70. The first-order chi connectivity index (χ1) is 11.7. The summed E-state index contributed by atoms with van der Waals surface area (Å²) in [6.07, 6.45) is 0. The SMILES string of the molecule is COc1ccc(C(=O)N2CCSC(c3ccc(OC)cc3)C2)cc1. The second kappa shape index (κ2) is 7.62. The topological polar surface area (TPSA) is 38.8 Å². The Bertz CT molecular complexity index is 685. The van der Waals surface area contributed by atoms with Gasteiger partial charge in [-0.1, -0.05) is 12.1 Å². The molecule has 1 unspecified atom stereocenters. The summed E-state index contributed by atoms with van der Waals surface area (Å²) in [7, 11) is 3.29. The molecular weight excluding hydrogens is 322 g/mol. The lowest BCUT2D eigenvalue weighted by Crippen LogP contribution is -2.39. The highest BCUT2D eigenvalue weighted by Crippen LogP contribution is 2.34. The van der Waals surface area contributed by atoms with Gasteiger partial charge in [-0.15, -0.1) is 0 Å². The lowest BCUT2D eigenvalue weighted by Gasteiger charge is -2.32. The van der Waals surface area contributed by atoms with Crippen molar-refractivity contribution in [1.29, 1.82) is 0 Å². The molecule has 1 aliphatic rings. The number of carbonyl (C=O) groups excluding carboxylic acids is 1. The van der Waals surface area contributed by atoms with Crippen LogP contribution in [0.15, 0.2) is 48.5 Å². The fourth-order valence-corrected chi connectivity index (χ4v) is 4.02. The number of methoxy groups -OCH3 is 2. The predicted molar refractivity (Wildman–Crippen MR) is 97.1 cm³/mol. The first-order valence-corrected chi connectivity index (χ1v) is 8.95. The number of nitrogens with zero attached hydrogens (tertiary/aromatic N) is 1. The zero-order valence-corrected chi connectivity index (χ0v) is 14.7. The Morgan fingerprint density at radius 3 is 2.17 bits per heavy atom. The van der Waals surface area contributed by atoms with Gasteiger partial charge in [-0.25, -0.2) is 0 Å². The van der Waals surface area contributed by atoms with E-state index in [9.17, 15) is 4.79 Å². The van der Waals surface area contributed by atoms with Gasteiger partial charge in [-0.2, -0.15) is 11.8 Å². The summed E-state index contributed by atoms with van der Waals surface area (Å²) in [5, 5.41) is 0.298. The number of amides is 1. The van der Waals surface area contributed by atoms with Crippen LogP contribution in [0.1, 0.15) is 21.2 Å².